The Morgan fingerprint density at radius 3 is 2.44 bits per heavy atom. The maximum Gasteiger partial charge on any atom is 0.313 e. The maximum absolute atomic E-state index is 13.1. The third-order valence-corrected chi connectivity index (χ3v) is 3.86. The van der Waals surface area contributed by atoms with Crippen molar-refractivity contribution < 1.29 is 23.5 Å². The van der Waals surface area contributed by atoms with E-state index >= 15 is 0 Å². The standard InChI is InChI=1S/C18H21FN2O4/c1-10-7-13(19)5-6-15(10)21-17(23)16(22)20-9-18(4,24)14-8-11(2)25-12(14)3/h5-8,24H,9H2,1-4H3,(H,20,22)(H,21,23). The zero-order chi connectivity index (χ0) is 18.8. The lowest BCUT2D eigenvalue weighted by Gasteiger charge is -2.23. The summed E-state index contributed by atoms with van der Waals surface area (Å²) in [7, 11) is 0. The molecule has 0 fully saturated rings. The van der Waals surface area contributed by atoms with Crippen molar-refractivity contribution in [3.8, 4) is 0 Å². The number of amides is 2. The van der Waals surface area contributed by atoms with Gasteiger partial charge < -0.3 is 20.2 Å². The molecule has 25 heavy (non-hydrogen) atoms. The minimum atomic E-state index is -1.39. The molecule has 0 bridgehead atoms. The van der Waals surface area contributed by atoms with Crippen LogP contribution in [0.25, 0.3) is 0 Å². The summed E-state index contributed by atoms with van der Waals surface area (Å²) in [5.41, 5.74) is -0.00354. The predicted molar refractivity (Wildman–Crippen MR) is 90.5 cm³/mol. The van der Waals surface area contributed by atoms with Crippen LogP contribution < -0.4 is 10.6 Å². The van der Waals surface area contributed by atoms with Crippen molar-refractivity contribution in [2.24, 2.45) is 0 Å². The summed E-state index contributed by atoms with van der Waals surface area (Å²) in [6, 6.07) is 5.50. The minimum Gasteiger partial charge on any atom is -0.466 e. The third-order valence-electron chi connectivity index (χ3n) is 3.86. The largest absolute Gasteiger partial charge is 0.466 e. The molecule has 3 N–H and O–H groups in total. The van der Waals surface area contributed by atoms with E-state index < -0.39 is 23.2 Å². The Kier molecular flexibility index (Phi) is 5.27. The number of nitrogens with one attached hydrogen (secondary N) is 2. The number of anilines is 1. The van der Waals surface area contributed by atoms with E-state index in [4.69, 9.17) is 4.42 Å². The summed E-state index contributed by atoms with van der Waals surface area (Å²) in [6.07, 6.45) is 0. The first-order valence-electron chi connectivity index (χ1n) is 7.75. The van der Waals surface area contributed by atoms with Gasteiger partial charge in [-0.1, -0.05) is 0 Å². The van der Waals surface area contributed by atoms with Crippen LogP contribution in [0.15, 0.2) is 28.7 Å². The molecule has 0 aliphatic heterocycles. The lowest BCUT2D eigenvalue weighted by molar-refractivity contribution is -0.136. The molecule has 134 valence electrons. The minimum absolute atomic E-state index is 0.165. The summed E-state index contributed by atoms with van der Waals surface area (Å²) in [5, 5.41) is 15.3. The van der Waals surface area contributed by atoms with Crippen molar-refractivity contribution in [1.29, 1.82) is 0 Å². The number of hydrogen-bond donors (Lipinski definition) is 3. The molecule has 0 radical (unpaired) electrons. The van der Waals surface area contributed by atoms with Gasteiger partial charge in [0, 0.05) is 11.3 Å². The second-order valence-corrected chi connectivity index (χ2v) is 6.20. The van der Waals surface area contributed by atoms with Crippen LogP contribution in [0.4, 0.5) is 10.1 Å². The molecule has 2 amide bonds. The lowest BCUT2D eigenvalue weighted by atomic mass is 9.96. The Morgan fingerprint density at radius 2 is 1.88 bits per heavy atom. The first-order chi connectivity index (χ1) is 11.6. The number of furan rings is 1. The van der Waals surface area contributed by atoms with Crippen LogP contribution in [0.2, 0.25) is 0 Å². The molecule has 6 nitrogen and oxygen atoms in total. The van der Waals surface area contributed by atoms with Crippen LogP contribution in [0.3, 0.4) is 0 Å². The highest BCUT2D eigenvalue weighted by Gasteiger charge is 2.29. The van der Waals surface area contributed by atoms with Gasteiger partial charge in [-0.3, -0.25) is 9.59 Å². The molecule has 1 aromatic heterocycles. The van der Waals surface area contributed by atoms with Crippen LogP contribution in [-0.4, -0.2) is 23.5 Å². The molecule has 7 heteroatoms. The molecule has 1 atom stereocenters. The zero-order valence-corrected chi connectivity index (χ0v) is 14.6. The van der Waals surface area contributed by atoms with Gasteiger partial charge >= 0.3 is 11.8 Å². The van der Waals surface area contributed by atoms with Crippen LogP contribution in [0.1, 0.15) is 29.6 Å². The molecule has 2 rings (SSSR count). The Balaban J connectivity index is 1.99. The predicted octanol–water partition coefficient (Wildman–Crippen LogP) is 2.31. The fourth-order valence-electron chi connectivity index (χ4n) is 2.54. The van der Waals surface area contributed by atoms with E-state index in [-0.39, 0.29) is 6.54 Å². The quantitative estimate of drug-likeness (QED) is 0.740. The number of halogens is 1. The van der Waals surface area contributed by atoms with Crippen molar-refractivity contribution >= 4 is 17.5 Å². The average Bonchev–Trinajstić information content (AvgIpc) is 2.87. The van der Waals surface area contributed by atoms with E-state index in [0.29, 0.717) is 28.3 Å². The third kappa shape index (κ3) is 4.45. The van der Waals surface area contributed by atoms with Gasteiger partial charge in [0.25, 0.3) is 0 Å². The molecule has 0 saturated heterocycles. The summed E-state index contributed by atoms with van der Waals surface area (Å²) < 4.78 is 18.4. The van der Waals surface area contributed by atoms with Gasteiger partial charge in [0.05, 0.1) is 6.54 Å². The molecule has 0 spiro atoms. The van der Waals surface area contributed by atoms with Crippen LogP contribution in [0, 0.1) is 26.6 Å². The number of benzene rings is 1. The smallest absolute Gasteiger partial charge is 0.313 e. The summed E-state index contributed by atoms with van der Waals surface area (Å²) >= 11 is 0. The van der Waals surface area contributed by atoms with Gasteiger partial charge in [-0.25, -0.2) is 4.39 Å². The van der Waals surface area contributed by atoms with Crippen molar-refractivity contribution in [3.63, 3.8) is 0 Å². The highest BCUT2D eigenvalue weighted by atomic mass is 19.1. The molecule has 1 aromatic carbocycles. The Bertz CT molecular complexity index is 811. The molecular formula is C18H21FN2O4. The van der Waals surface area contributed by atoms with Crippen molar-refractivity contribution in [2.45, 2.75) is 33.3 Å². The van der Waals surface area contributed by atoms with Crippen molar-refractivity contribution in [3.05, 3.63) is 52.7 Å². The van der Waals surface area contributed by atoms with Crippen molar-refractivity contribution in [1.82, 2.24) is 5.32 Å². The number of carbonyl (C=O) groups is 2. The van der Waals surface area contributed by atoms with Crippen LogP contribution in [0.5, 0.6) is 0 Å². The number of hydrogen-bond acceptors (Lipinski definition) is 4. The number of carbonyl (C=O) groups excluding carboxylic acids is 2. The molecule has 1 unspecified atom stereocenters. The highest BCUT2D eigenvalue weighted by molar-refractivity contribution is 6.39. The van der Waals surface area contributed by atoms with Gasteiger partial charge in [-0.15, -0.1) is 0 Å². The topological polar surface area (TPSA) is 91.6 Å². The summed E-state index contributed by atoms with van der Waals surface area (Å²) in [4.78, 5) is 23.9. The molecule has 1 heterocycles. The summed E-state index contributed by atoms with van der Waals surface area (Å²) in [6.45, 7) is 6.44. The fourth-order valence-corrected chi connectivity index (χ4v) is 2.54. The van der Waals surface area contributed by atoms with Crippen LogP contribution >= 0.6 is 0 Å². The normalized spacial score (nSPS) is 13.2. The maximum atomic E-state index is 13.1. The second kappa shape index (κ2) is 7.06. The molecule has 0 aliphatic rings. The highest BCUT2D eigenvalue weighted by Crippen LogP contribution is 2.26. The van der Waals surface area contributed by atoms with Crippen LogP contribution in [-0.2, 0) is 15.2 Å². The van der Waals surface area contributed by atoms with Gasteiger partial charge in [0.2, 0.25) is 0 Å². The van der Waals surface area contributed by atoms with E-state index in [9.17, 15) is 19.1 Å². The Morgan fingerprint density at radius 1 is 1.20 bits per heavy atom. The fraction of sp³-hybridized carbons (Fsp3) is 0.333. The van der Waals surface area contributed by atoms with Gasteiger partial charge in [-0.05, 0) is 57.5 Å². The molecule has 0 aliphatic carbocycles. The van der Waals surface area contributed by atoms with Crippen molar-refractivity contribution in [2.75, 3.05) is 11.9 Å². The van der Waals surface area contributed by atoms with Gasteiger partial charge in [0.1, 0.15) is 22.9 Å². The van der Waals surface area contributed by atoms with Gasteiger partial charge in [-0.2, -0.15) is 0 Å². The Labute approximate surface area is 145 Å². The zero-order valence-electron chi connectivity index (χ0n) is 14.6. The molecular weight excluding hydrogens is 327 g/mol. The first-order valence-corrected chi connectivity index (χ1v) is 7.75. The van der Waals surface area contributed by atoms with E-state index in [1.165, 1.54) is 25.1 Å². The number of aliphatic hydroxyl groups is 1. The second-order valence-electron chi connectivity index (χ2n) is 6.20. The molecule has 0 saturated carbocycles. The lowest BCUT2D eigenvalue weighted by Crippen LogP contribution is -2.43. The molecule has 2 aromatic rings. The SMILES string of the molecule is Cc1cc(C(C)(O)CNC(=O)C(=O)Nc2ccc(F)cc2C)c(C)o1. The number of rotatable bonds is 4. The van der Waals surface area contributed by atoms with Gasteiger partial charge in [0.15, 0.2) is 0 Å². The monoisotopic (exact) mass is 348 g/mol. The number of aryl methyl sites for hydroxylation is 3. The average molecular weight is 348 g/mol. The van der Waals surface area contributed by atoms with E-state index in [1.807, 2.05) is 0 Å². The van der Waals surface area contributed by atoms with E-state index in [1.54, 1.807) is 26.8 Å². The Hall–Kier alpha value is -2.67. The van der Waals surface area contributed by atoms with E-state index in [0.717, 1.165) is 0 Å². The van der Waals surface area contributed by atoms with E-state index in [2.05, 4.69) is 10.6 Å². The summed E-state index contributed by atoms with van der Waals surface area (Å²) in [5.74, 6) is -1.04. The first kappa shape index (κ1) is 18.7.